The third-order valence-corrected chi connectivity index (χ3v) is 4.29. The van der Waals surface area contributed by atoms with Gasteiger partial charge in [0.05, 0.1) is 6.61 Å². The molecule has 0 saturated carbocycles. The summed E-state index contributed by atoms with van der Waals surface area (Å²) in [6.45, 7) is 2.97. The highest BCUT2D eigenvalue weighted by Gasteiger charge is 2.27. The maximum absolute atomic E-state index is 12.6. The third kappa shape index (κ3) is 3.59. The Kier molecular flexibility index (Phi) is 5.02. The monoisotopic (exact) mass is 314 g/mol. The Labute approximate surface area is 136 Å². The Bertz CT molecular complexity index is 641. The summed E-state index contributed by atoms with van der Waals surface area (Å²) in [5.41, 5.74) is 0.698. The molecule has 0 radical (unpaired) electrons. The van der Waals surface area contributed by atoms with Gasteiger partial charge in [0.1, 0.15) is 5.82 Å². The molecule has 0 aliphatic carbocycles. The van der Waals surface area contributed by atoms with Gasteiger partial charge in [-0.1, -0.05) is 0 Å². The molecule has 0 unspecified atom stereocenters. The van der Waals surface area contributed by atoms with Gasteiger partial charge in [0.15, 0.2) is 0 Å². The number of hydrogen-bond donors (Lipinski definition) is 0. The number of piperidine rings is 1. The van der Waals surface area contributed by atoms with Crippen LogP contribution in [0.3, 0.4) is 0 Å². The molecule has 1 saturated heterocycles. The molecule has 0 bridgehead atoms. The Hall–Kier alpha value is -2.21. The molecule has 2 aromatic heterocycles. The van der Waals surface area contributed by atoms with Gasteiger partial charge in [0.2, 0.25) is 0 Å². The maximum Gasteiger partial charge on any atom is 0.253 e. The standard InChI is InChI=1S/C17H22N4O2/c1-23-12-11-20-10-8-19-16(20)15-3-2-9-21(13-15)17(22)14-4-6-18-7-5-14/h4-8,10,15H,2-3,9,11-13H2,1H3/t15-/m1/s1. The highest BCUT2D eigenvalue weighted by atomic mass is 16.5. The summed E-state index contributed by atoms with van der Waals surface area (Å²) >= 11 is 0. The number of rotatable bonds is 5. The van der Waals surface area contributed by atoms with Gasteiger partial charge in [-0.3, -0.25) is 9.78 Å². The SMILES string of the molecule is COCCn1ccnc1[C@@H]1CCCN(C(=O)c2ccncc2)C1. The number of hydrogen-bond acceptors (Lipinski definition) is 4. The summed E-state index contributed by atoms with van der Waals surface area (Å²) in [5.74, 6) is 1.41. The molecule has 0 aromatic carbocycles. The number of likely N-dealkylation sites (tertiary alicyclic amines) is 1. The van der Waals surface area contributed by atoms with E-state index in [2.05, 4.69) is 14.5 Å². The van der Waals surface area contributed by atoms with E-state index >= 15 is 0 Å². The van der Waals surface area contributed by atoms with Crippen molar-refractivity contribution in [2.45, 2.75) is 25.3 Å². The molecule has 1 fully saturated rings. The van der Waals surface area contributed by atoms with Gasteiger partial charge in [-0.15, -0.1) is 0 Å². The number of carbonyl (C=O) groups excluding carboxylic acids is 1. The minimum absolute atomic E-state index is 0.0760. The fourth-order valence-electron chi connectivity index (χ4n) is 3.11. The molecule has 23 heavy (non-hydrogen) atoms. The second-order valence-corrected chi connectivity index (χ2v) is 5.80. The first-order chi connectivity index (χ1) is 11.3. The van der Waals surface area contributed by atoms with Gasteiger partial charge < -0.3 is 14.2 Å². The van der Waals surface area contributed by atoms with Gasteiger partial charge in [0, 0.05) is 63.0 Å². The highest BCUT2D eigenvalue weighted by molar-refractivity contribution is 5.94. The van der Waals surface area contributed by atoms with Crippen LogP contribution in [0.25, 0.3) is 0 Å². The first kappa shape index (κ1) is 15.7. The molecule has 3 rings (SSSR count). The van der Waals surface area contributed by atoms with Crippen LogP contribution >= 0.6 is 0 Å². The number of aromatic nitrogens is 3. The van der Waals surface area contributed by atoms with Crippen LogP contribution in [0, 0.1) is 0 Å². The molecule has 2 aromatic rings. The van der Waals surface area contributed by atoms with Crippen LogP contribution in [0.4, 0.5) is 0 Å². The number of carbonyl (C=O) groups is 1. The summed E-state index contributed by atoms with van der Waals surface area (Å²) in [6.07, 6.45) is 9.19. The predicted molar refractivity (Wildman–Crippen MR) is 86.2 cm³/mol. The van der Waals surface area contributed by atoms with E-state index in [9.17, 15) is 4.79 Å². The van der Waals surface area contributed by atoms with Gasteiger partial charge in [0.25, 0.3) is 5.91 Å². The van der Waals surface area contributed by atoms with E-state index < -0.39 is 0 Å². The van der Waals surface area contributed by atoms with Crippen molar-refractivity contribution in [3.05, 3.63) is 48.3 Å². The molecule has 1 atom stereocenters. The van der Waals surface area contributed by atoms with Gasteiger partial charge in [-0.05, 0) is 25.0 Å². The second-order valence-electron chi connectivity index (χ2n) is 5.80. The molecule has 1 aliphatic heterocycles. The van der Waals surface area contributed by atoms with Crippen LogP contribution in [0.5, 0.6) is 0 Å². The first-order valence-electron chi connectivity index (χ1n) is 7.99. The van der Waals surface area contributed by atoms with E-state index in [0.29, 0.717) is 18.7 Å². The van der Waals surface area contributed by atoms with Crippen molar-refractivity contribution in [1.29, 1.82) is 0 Å². The largest absolute Gasteiger partial charge is 0.383 e. The van der Waals surface area contributed by atoms with Gasteiger partial charge in [-0.2, -0.15) is 0 Å². The molecule has 0 spiro atoms. The van der Waals surface area contributed by atoms with E-state index in [-0.39, 0.29) is 11.8 Å². The Morgan fingerprint density at radius 1 is 1.35 bits per heavy atom. The van der Waals surface area contributed by atoms with Crippen LogP contribution < -0.4 is 0 Å². The lowest BCUT2D eigenvalue weighted by molar-refractivity contribution is 0.0702. The lowest BCUT2D eigenvalue weighted by Gasteiger charge is -2.32. The summed E-state index contributed by atoms with van der Waals surface area (Å²) < 4.78 is 7.29. The molecule has 1 amide bonds. The van der Waals surface area contributed by atoms with Crippen LogP contribution in [0.15, 0.2) is 36.9 Å². The van der Waals surface area contributed by atoms with Gasteiger partial charge in [-0.25, -0.2) is 4.98 Å². The fraction of sp³-hybridized carbons (Fsp3) is 0.471. The lowest BCUT2D eigenvalue weighted by Crippen LogP contribution is -2.39. The third-order valence-electron chi connectivity index (χ3n) is 4.29. The van der Waals surface area contributed by atoms with E-state index in [1.54, 1.807) is 31.6 Å². The van der Waals surface area contributed by atoms with Crippen LogP contribution in [-0.2, 0) is 11.3 Å². The first-order valence-corrected chi connectivity index (χ1v) is 7.99. The number of imidazole rings is 1. The smallest absolute Gasteiger partial charge is 0.253 e. The zero-order chi connectivity index (χ0) is 16.1. The Balaban J connectivity index is 1.71. The number of ether oxygens (including phenoxy) is 1. The topological polar surface area (TPSA) is 60.2 Å². The molecule has 3 heterocycles. The summed E-state index contributed by atoms with van der Waals surface area (Å²) in [6, 6.07) is 3.54. The Morgan fingerprint density at radius 2 is 2.17 bits per heavy atom. The minimum Gasteiger partial charge on any atom is -0.383 e. The zero-order valence-corrected chi connectivity index (χ0v) is 13.4. The summed E-state index contributed by atoms with van der Waals surface area (Å²) in [7, 11) is 1.70. The molecule has 0 N–H and O–H groups in total. The number of methoxy groups -OCH3 is 1. The summed E-state index contributed by atoms with van der Waals surface area (Å²) in [5, 5.41) is 0. The van der Waals surface area contributed by atoms with Crippen molar-refractivity contribution >= 4 is 5.91 Å². The fourth-order valence-corrected chi connectivity index (χ4v) is 3.11. The van der Waals surface area contributed by atoms with Crippen molar-refractivity contribution in [3.63, 3.8) is 0 Å². The Morgan fingerprint density at radius 3 is 2.96 bits per heavy atom. The second kappa shape index (κ2) is 7.37. The van der Waals surface area contributed by atoms with Crippen LogP contribution in [0.2, 0.25) is 0 Å². The number of nitrogens with zero attached hydrogens (tertiary/aromatic N) is 4. The lowest BCUT2D eigenvalue weighted by atomic mass is 9.96. The number of amides is 1. The van der Waals surface area contributed by atoms with Gasteiger partial charge >= 0.3 is 0 Å². The van der Waals surface area contributed by atoms with E-state index in [1.807, 2.05) is 17.3 Å². The van der Waals surface area contributed by atoms with Crippen LogP contribution in [-0.4, -0.2) is 52.1 Å². The highest BCUT2D eigenvalue weighted by Crippen LogP contribution is 2.26. The summed E-state index contributed by atoms with van der Waals surface area (Å²) in [4.78, 5) is 23.0. The van der Waals surface area contributed by atoms with E-state index in [4.69, 9.17) is 4.74 Å². The average molecular weight is 314 g/mol. The van der Waals surface area contributed by atoms with Crippen molar-refractivity contribution in [2.24, 2.45) is 0 Å². The van der Waals surface area contributed by atoms with Crippen molar-refractivity contribution < 1.29 is 9.53 Å². The molecule has 122 valence electrons. The molecule has 6 nitrogen and oxygen atoms in total. The molecule has 6 heteroatoms. The van der Waals surface area contributed by atoms with Crippen molar-refractivity contribution in [2.75, 3.05) is 26.8 Å². The normalized spacial score (nSPS) is 18.1. The van der Waals surface area contributed by atoms with E-state index in [0.717, 1.165) is 31.8 Å². The van der Waals surface area contributed by atoms with Crippen molar-refractivity contribution in [1.82, 2.24) is 19.4 Å². The van der Waals surface area contributed by atoms with Crippen LogP contribution in [0.1, 0.15) is 34.9 Å². The number of pyridine rings is 1. The van der Waals surface area contributed by atoms with E-state index in [1.165, 1.54) is 0 Å². The maximum atomic E-state index is 12.6. The minimum atomic E-state index is 0.0760. The quantitative estimate of drug-likeness (QED) is 0.846. The average Bonchev–Trinajstić information content (AvgIpc) is 3.08. The molecular formula is C17H22N4O2. The molecule has 1 aliphatic rings. The predicted octanol–water partition coefficient (Wildman–Crippen LogP) is 1.94. The molecular weight excluding hydrogens is 292 g/mol. The van der Waals surface area contributed by atoms with Crippen molar-refractivity contribution in [3.8, 4) is 0 Å². The zero-order valence-electron chi connectivity index (χ0n) is 13.4.